The van der Waals surface area contributed by atoms with Gasteiger partial charge in [0.1, 0.15) is 5.82 Å². The summed E-state index contributed by atoms with van der Waals surface area (Å²) >= 11 is 6.30. The number of benzene rings is 1. The molecule has 0 spiro atoms. The summed E-state index contributed by atoms with van der Waals surface area (Å²) < 4.78 is 2.34. The predicted octanol–water partition coefficient (Wildman–Crippen LogP) is 3.21. The lowest BCUT2D eigenvalue weighted by molar-refractivity contribution is 0.392. The average molecular weight is 264 g/mol. The zero-order chi connectivity index (χ0) is 12.7. The summed E-state index contributed by atoms with van der Waals surface area (Å²) in [4.78, 5) is 7.06. The van der Waals surface area contributed by atoms with Crippen LogP contribution in [-0.4, -0.2) is 34.6 Å². The first-order chi connectivity index (χ1) is 8.66. The van der Waals surface area contributed by atoms with Crippen molar-refractivity contribution < 1.29 is 0 Å². The van der Waals surface area contributed by atoms with Crippen LogP contribution in [0.25, 0.3) is 11.0 Å². The Morgan fingerprint density at radius 1 is 1.39 bits per heavy atom. The Labute approximate surface area is 112 Å². The molecule has 0 saturated carbocycles. The predicted molar refractivity (Wildman–Crippen MR) is 75.2 cm³/mol. The van der Waals surface area contributed by atoms with Crippen LogP contribution >= 0.6 is 11.6 Å². The fraction of sp³-hybridized carbons (Fsp3) is 0.500. The van der Waals surface area contributed by atoms with Crippen LogP contribution in [0.1, 0.15) is 30.6 Å². The van der Waals surface area contributed by atoms with E-state index in [4.69, 9.17) is 16.6 Å². The van der Waals surface area contributed by atoms with Crippen molar-refractivity contribution in [2.75, 3.05) is 20.1 Å². The average Bonchev–Trinajstić information content (AvgIpc) is 2.92. The first kappa shape index (κ1) is 12.0. The first-order valence-electron chi connectivity index (χ1n) is 6.46. The zero-order valence-corrected chi connectivity index (χ0v) is 11.6. The minimum absolute atomic E-state index is 0.0525. The van der Waals surface area contributed by atoms with Crippen LogP contribution in [0.4, 0.5) is 0 Å². The molecule has 0 bridgehead atoms. The van der Waals surface area contributed by atoms with Gasteiger partial charge in [-0.3, -0.25) is 0 Å². The van der Waals surface area contributed by atoms with E-state index in [2.05, 4.69) is 34.7 Å². The van der Waals surface area contributed by atoms with Crippen molar-refractivity contribution in [2.45, 2.75) is 24.8 Å². The Bertz CT molecular complexity index is 561. The second-order valence-electron chi connectivity index (χ2n) is 5.15. The molecule has 2 aromatic rings. The molecular weight excluding hydrogens is 246 g/mol. The van der Waals surface area contributed by atoms with Gasteiger partial charge >= 0.3 is 0 Å². The number of aromatic nitrogens is 2. The third-order valence-electron chi connectivity index (χ3n) is 3.71. The van der Waals surface area contributed by atoms with Gasteiger partial charge < -0.3 is 9.47 Å². The largest absolute Gasteiger partial charge is 0.322 e. The molecule has 0 amide bonds. The van der Waals surface area contributed by atoms with Gasteiger partial charge in [0.15, 0.2) is 0 Å². The van der Waals surface area contributed by atoms with Crippen molar-refractivity contribution in [3.05, 3.63) is 30.1 Å². The fourth-order valence-corrected chi connectivity index (χ4v) is 3.00. The maximum atomic E-state index is 6.30. The molecule has 1 aromatic heterocycles. The van der Waals surface area contributed by atoms with Gasteiger partial charge in [0.2, 0.25) is 0 Å². The number of para-hydroxylation sites is 2. The molecule has 1 aromatic carbocycles. The van der Waals surface area contributed by atoms with Crippen LogP contribution in [-0.2, 0) is 0 Å². The molecule has 0 radical (unpaired) electrons. The topological polar surface area (TPSA) is 21.1 Å². The van der Waals surface area contributed by atoms with Gasteiger partial charge in [0, 0.05) is 12.6 Å². The van der Waals surface area contributed by atoms with Gasteiger partial charge in [0.05, 0.1) is 16.4 Å². The SMILES string of the molecule is CC(Cl)c1nc2ccccc2n1C1CCN(C)C1. The van der Waals surface area contributed by atoms with E-state index in [1.54, 1.807) is 0 Å². The smallest absolute Gasteiger partial charge is 0.128 e. The lowest BCUT2D eigenvalue weighted by Crippen LogP contribution is -2.18. The molecule has 1 aliphatic rings. The van der Waals surface area contributed by atoms with Crippen LogP contribution in [0.3, 0.4) is 0 Å². The van der Waals surface area contributed by atoms with E-state index in [9.17, 15) is 0 Å². The molecule has 4 heteroatoms. The second kappa shape index (κ2) is 4.56. The molecule has 3 rings (SSSR count). The molecule has 0 aliphatic carbocycles. The van der Waals surface area contributed by atoms with Crippen molar-refractivity contribution in [3.63, 3.8) is 0 Å². The molecule has 3 nitrogen and oxygen atoms in total. The molecule has 1 saturated heterocycles. The van der Waals surface area contributed by atoms with Crippen molar-refractivity contribution in [1.29, 1.82) is 0 Å². The van der Waals surface area contributed by atoms with E-state index >= 15 is 0 Å². The van der Waals surface area contributed by atoms with Crippen molar-refractivity contribution in [1.82, 2.24) is 14.5 Å². The van der Waals surface area contributed by atoms with Crippen LogP contribution in [0.5, 0.6) is 0 Å². The number of imidazole rings is 1. The second-order valence-corrected chi connectivity index (χ2v) is 5.80. The molecule has 1 fully saturated rings. The number of alkyl halides is 1. The quantitative estimate of drug-likeness (QED) is 0.776. The van der Waals surface area contributed by atoms with Gasteiger partial charge in [0.25, 0.3) is 0 Å². The maximum Gasteiger partial charge on any atom is 0.128 e. The van der Waals surface area contributed by atoms with Crippen molar-refractivity contribution >= 4 is 22.6 Å². The van der Waals surface area contributed by atoms with E-state index in [0.717, 1.165) is 24.4 Å². The molecule has 96 valence electrons. The van der Waals surface area contributed by atoms with Crippen LogP contribution in [0, 0.1) is 0 Å². The summed E-state index contributed by atoms with van der Waals surface area (Å²) in [6, 6.07) is 8.81. The normalized spacial score (nSPS) is 22.7. The van der Waals surface area contributed by atoms with E-state index in [1.165, 1.54) is 11.9 Å². The highest BCUT2D eigenvalue weighted by Gasteiger charge is 2.26. The number of likely N-dealkylation sites (N-methyl/N-ethyl adjacent to an activating group) is 1. The standard InChI is InChI=1S/C14H18ClN3/c1-10(15)14-16-12-5-3-4-6-13(12)18(14)11-7-8-17(2)9-11/h3-6,10-11H,7-9H2,1-2H3. The number of likely N-dealkylation sites (tertiary alicyclic amines) is 1. The maximum absolute atomic E-state index is 6.30. The lowest BCUT2D eigenvalue weighted by atomic mass is 10.2. The first-order valence-corrected chi connectivity index (χ1v) is 6.90. The summed E-state index contributed by atoms with van der Waals surface area (Å²) in [7, 11) is 2.17. The summed E-state index contributed by atoms with van der Waals surface area (Å²) in [5.74, 6) is 0.998. The zero-order valence-electron chi connectivity index (χ0n) is 10.8. The number of halogens is 1. The fourth-order valence-electron chi connectivity index (χ4n) is 2.85. The molecular formula is C14H18ClN3. The van der Waals surface area contributed by atoms with E-state index in [0.29, 0.717) is 6.04 Å². The van der Waals surface area contributed by atoms with Crippen molar-refractivity contribution in [3.8, 4) is 0 Å². The molecule has 2 heterocycles. The molecule has 2 unspecified atom stereocenters. The highest BCUT2D eigenvalue weighted by Crippen LogP contribution is 2.31. The van der Waals surface area contributed by atoms with Crippen LogP contribution in [0.15, 0.2) is 24.3 Å². The highest BCUT2D eigenvalue weighted by atomic mass is 35.5. The minimum Gasteiger partial charge on any atom is -0.322 e. The van der Waals surface area contributed by atoms with E-state index in [1.807, 2.05) is 13.0 Å². The Morgan fingerprint density at radius 3 is 2.83 bits per heavy atom. The Hall–Kier alpha value is -1.06. The molecule has 1 aliphatic heterocycles. The van der Waals surface area contributed by atoms with Crippen LogP contribution in [0.2, 0.25) is 0 Å². The minimum atomic E-state index is -0.0525. The Morgan fingerprint density at radius 2 is 2.17 bits per heavy atom. The van der Waals surface area contributed by atoms with Crippen molar-refractivity contribution in [2.24, 2.45) is 0 Å². The van der Waals surface area contributed by atoms with E-state index < -0.39 is 0 Å². The molecule has 0 N–H and O–H groups in total. The monoisotopic (exact) mass is 263 g/mol. The highest BCUT2D eigenvalue weighted by molar-refractivity contribution is 6.20. The molecule has 18 heavy (non-hydrogen) atoms. The number of hydrogen-bond acceptors (Lipinski definition) is 2. The third kappa shape index (κ3) is 1.91. The Balaban J connectivity index is 2.15. The summed E-state index contributed by atoms with van der Waals surface area (Å²) in [5.41, 5.74) is 2.26. The van der Waals surface area contributed by atoms with Gasteiger partial charge in [-0.2, -0.15) is 0 Å². The molecule has 2 atom stereocenters. The summed E-state index contributed by atoms with van der Waals surface area (Å²) in [6.45, 7) is 4.22. The number of hydrogen-bond donors (Lipinski definition) is 0. The Kier molecular flexibility index (Phi) is 3.04. The number of rotatable bonds is 2. The van der Waals surface area contributed by atoms with Crippen LogP contribution < -0.4 is 0 Å². The van der Waals surface area contributed by atoms with Gasteiger partial charge in [-0.15, -0.1) is 11.6 Å². The lowest BCUT2D eigenvalue weighted by Gasteiger charge is -2.17. The number of nitrogens with zero attached hydrogens (tertiary/aromatic N) is 3. The third-order valence-corrected chi connectivity index (χ3v) is 3.91. The van der Waals surface area contributed by atoms with Gasteiger partial charge in [-0.1, -0.05) is 12.1 Å². The van der Waals surface area contributed by atoms with Gasteiger partial charge in [-0.05, 0) is 39.1 Å². The summed E-state index contributed by atoms with van der Waals surface area (Å²) in [5, 5.41) is -0.0525. The summed E-state index contributed by atoms with van der Waals surface area (Å²) in [6.07, 6.45) is 1.17. The van der Waals surface area contributed by atoms with E-state index in [-0.39, 0.29) is 5.38 Å². The van der Waals surface area contributed by atoms with Gasteiger partial charge in [-0.25, -0.2) is 4.98 Å². The number of fused-ring (bicyclic) bond motifs is 1.